The maximum absolute atomic E-state index is 5.46. The van der Waals surface area contributed by atoms with Gasteiger partial charge in [0.1, 0.15) is 0 Å². The normalized spacial score (nSPS) is 14.9. The van der Waals surface area contributed by atoms with Crippen LogP contribution in [0.2, 0.25) is 0 Å². The van der Waals surface area contributed by atoms with Gasteiger partial charge in [-0.05, 0) is 38.1 Å². The minimum atomic E-state index is 0. The van der Waals surface area contributed by atoms with Gasteiger partial charge in [0.15, 0.2) is 0 Å². The molecule has 2 aromatic carbocycles. The van der Waals surface area contributed by atoms with Gasteiger partial charge in [0.25, 0.3) is 0 Å². The zero-order chi connectivity index (χ0) is 16.1. The highest BCUT2D eigenvalue weighted by atomic mass is 35.5. The van der Waals surface area contributed by atoms with Crippen molar-refractivity contribution in [3.05, 3.63) is 59.7 Å². The van der Waals surface area contributed by atoms with Crippen molar-refractivity contribution in [3.63, 3.8) is 0 Å². The molecule has 0 aliphatic carbocycles. The molecule has 4 nitrogen and oxygen atoms in total. The Morgan fingerprint density at radius 2 is 1.46 bits per heavy atom. The third-order valence-electron chi connectivity index (χ3n) is 3.89. The molecule has 1 aliphatic heterocycles. The Kier molecular flexibility index (Phi) is 6.64. The van der Waals surface area contributed by atoms with E-state index in [0.717, 1.165) is 43.6 Å². The molecule has 1 fully saturated rings. The maximum atomic E-state index is 5.46. The molecule has 0 saturated carbocycles. The molecule has 0 atom stereocenters. The summed E-state index contributed by atoms with van der Waals surface area (Å²) in [6.45, 7) is 7.35. The minimum absolute atomic E-state index is 0. The van der Waals surface area contributed by atoms with Gasteiger partial charge in [-0.2, -0.15) is 0 Å². The summed E-state index contributed by atoms with van der Waals surface area (Å²) >= 11 is 0. The van der Waals surface area contributed by atoms with Crippen LogP contribution in [-0.4, -0.2) is 37.2 Å². The van der Waals surface area contributed by atoms with Crippen molar-refractivity contribution in [2.45, 2.75) is 13.8 Å². The van der Waals surface area contributed by atoms with Crippen LogP contribution in [0.5, 0.6) is 0 Å². The number of morpholine rings is 1. The van der Waals surface area contributed by atoms with Crippen molar-refractivity contribution in [2.24, 2.45) is 4.99 Å². The van der Waals surface area contributed by atoms with Crippen molar-refractivity contribution in [2.75, 3.05) is 31.6 Å². The molecule has 1 N–H and O–H groups in total. The van der Waals surface area contributed by atoms with Crippen molar-refractivity contribution in [3.8, 4) is 0 Å². The number of ether oxygens (including phenoxy) is 1. The Bertz CT molecular complexity index is 662. The number of hydrogen-bond acceptors (Lipinski definition) is 2. The molecule has 24 heavy (non-hydrogen) atoms. The molecule has 0 spiro atoms. The molecule has 0 bridgehead atoms. The molecule has 1 heterocycles. The van der Waals surface area contributed by atoms with Crippen LogP contribution in [0.4, 0.5) is 11.4 Å². The van der Waals surface area contributed by atoms with Gasteiger partial charge in [0.05, 0.1) is 18.9 Å². The van der Waals surface area contributed by atoms with E-state index in [9.17, 15) is 0 Å². The van der Waals surface area contributed by atoms with Gasteiger partial charge in [-0.1, -0.05) is 35.4 Å². The molecular weight excluding hydrogens is 322 g/mol. The van der Waals surface area contributed by atoms with Crippen LogP contribution in [0.15, 0.2) is 53.5 Å². The topological polar surface area (TPSA) is 36.9 Å². The molecule has 2 aromatic rings. The zero-order valence-electron chi connectivity index (χ0n) is 14.2. The molecule has 5 heteroatoms. The van der Waals surface area contributed by atoms with Gasteiger partial charge in [-0.15, -0.1) is 12.4 Å². The van der Waals surface area contributed by atoms with E-state index in [1.807, 2.05) is 12.1 Å². The number of guanidine groups is 1. The zero-order valence-corrected chi connectivity index (χ0v) is 15.0. The summed E-state index contributed by atoms with van der Waals surface area (Å²) in [7, 11) is 0. The SMILES string of the molecule is Cc1ccc(N=C(Nc2ccc(C)cc2)N2CCOCC2)cc1.Cl. The first kappa shape index (κ1) is 18.3. The van der Waals surface area contributed by atoms with Gasteiger partial charge >= 0.3 is 0 Å². The maximum Gasteiger partial charge on any atom is 0.203 e. The average Bonchev–Trinajstić information content (AvgIpc) is 2.59. The summed E-state index contributed by atoms with van der Waals surface area (Å²) in [5.41, 5.74) is 4.49. The lowest BCUT2D eigenvalue weighted by Gasteiger charge is -2.30. The van der Waals surface area contributed by atoms with Crippen LogP contribution in [-0.2, 0) is 4.74 Å². The van der Waals surface area contributed by atoms with Crippen LogP contribution in [0.25, 0.3) is 0 Å². The van der Waals surface area contributed by atoms with Gasteiger partial charge in [-0.3, -0.25) is 0 Å². The highest BCUT2D eigenvalue weighted by molar-refractivity contribution is 5.95. The lowest BCUT2D eigenvalue weighted by atomic mass is 10.2. The standard InChI is InChI=1S/C19H23N3O.ClH/c1-15-3-7-17(8-4-15)20-19(22-11-13-23-14-12-22)21-18-9-5-16(2)6-10-18;/h3-10H,11-14H2,1-2H3,(H,20,21);1H. The predicted molar refractivity (Wildman–Crippen MR) is 103 cm³/mol. The number of benzene rings is 2. The minimum Gasteiger partial charge on any atom is -0.378 e. The Hall–Kier alpha value is -2.04. The number of aliphatic imine (C=N–C) groups is 1. The summed E-state index contributed by atoms with van der Waals surface area (Å²) in [5, 5.41) is 3.46. The highest BCUT2D eigenvalue weighted by Crippen LogP contribution is 2.16. The van der Waals surface area contributed by atoms with Gasteiger partial charge < -0.3 is 15.0 Å². The smallest absolute Gasteiger partial charge is 0.203 e. The Balaban J connectivity index is 0.00000208. The van der Waals surface area contributed by atoms with Gasteiger partial charge in [0, 0.05) is 18.8 Å². The van der Waals surface area contributed by atoms with E-state index in [0.29, 0.717) is 0 Å². The molecule has 0 unspecified atom stereocenters. The number of hydrogen-bond donors (Lipinski definition) is 1. The first-order valence-corrected chi connectivity index (χ1v) is 8.02. The second kappa shape index (κ2) is 8.71. The number of nitrogens with zero attached hydrogens (tertiary/aromatic N) is 2. The van der Waals surface area contributed by atoms with E-state index in [1.54, 1.807) is 0 Å². The molecule has 1 aliphatic rings. The Morgan fingerprint density at radius 1 is 0.917 bits per heavy atom. The van der Waals surface area contributed by atoms with Crippen molar-refractivity contribution >= 4 is 29.7 Å². The van der Waals surface area contributed by atoms with Gasteiger partial charge in [0.2, 0.25) is 5.96 Å². The van der Waals surface area contributed by atoms with Crippen molar-refractivity contribution in [1.82, 2.24) is 4.90 Å². The lowest BCUT2D eigenvalue weighted by Crippen LogP contribution is -2.44. The number of aryl methyl sites for hydroxylation is 2. The molecule has 1 saturated heterocycles. The fraction of sp³-hybridized carbons (Fsp3) is 0.316. The molecule has 3 rings (SSSR count). The van der Waals surface area contributed by atoms with Crippen molar-refractivity contribution < 1.29 is 4.74 Å². The Morgan fingerprint density at radius 3 is 2.04 bits per heavy atom. The van der Waals surface area contributed by atoms with E-state index in [-0.39, 0.29) is 12.4 Å². The highest BCUT2D eigenvalue weighted by Gasteiger charge is 2.15. The first-order chi connectivity index (χ1) is 11.2. The second-order valence-corrected chi connectivity index (χ2v) is 5.86. The van der Waals surface area contributed by atoms with Gasteiger partial charge in [-0.25, -0.2) is 4.99 Å². The predicted octanol–water partition coefficient (Wildman–Crippen LogP) is 4.16. The van der Waals surface area contributed by atoms with Crippen LogP contribution in [0.1, 0.15) is 11.1 Å². The molecule has 0 amide bonds. The third kappa shape index (κ3) is 4.98. The lowest BCUT2D eigenvalue weighted by molar-refractivity contribution is 0.0680. The first-order valence-electron chi connectivity index (χ1n) is 8.02. The van der Waals surface area contributed by atoms with E-state index in [1.165, 1.54) is 11.1 Å². The van der Waals surface area contributed by atoms with E-state index in [2.05, 4.69) is 60.5 Å². The van der Waals surface area contributed by atoms with Crippen LogP contribution >= 0.6 is 12.4 Å². The van der Waals surface area contributed by atoms with E-state index >= 15 is 0 Å². The fourth-order valence-corrected chi connectivity index (χ4v) is 2.46. The largest absolute Gasteiger partial charge is 0.378 e. The van der Waals surface area contributed by atoms with Crippen LogP contribution < -0.4 is 5.32 Å². The summed E-state index contributed by atoms with van der Waals surface area (Å²) < 4.78 is 5.46. The number of nitrogens with one attached hydrogen (secondary N) is 1. The van der Waals surface area contributed by atoms with E-state index < -0.39 is 0 Å². The van der Waals surface area contributed by atoms with Crippen LogP contribution in [0.3, 0.4) is 0 Å². The summed E-state index contributed by atoms with van der Waals surface area (Å²) in [5.74, 6) is 0.876. The molecule has 0 aromatic heterocycles. The number of halogens is 1. The fourth-order valence-electron chi connectivity index (χ4n) is 2.46. The Labute approximate surface area is 150 Å². The average molecular weight is 346 g/mol. The summed E-state index contributed by atoms with van der Waals surface area (Å²) in [6, 6.07) is 16.6. The quantitative estimate of drug-likeness (QED) is 0.656. The van der Waals surface area contributed by atoms with Crippen LogP contribution in [0, 0.1) is 13.8 Å². The summed E-state index contributed by atoms with van der Waals surface area (Å²) in [4.78, 5) is 7.06. The van der Waals surface area contributed by atoms with E-state index in [4.69, 9.17) is 9.73 Å². The third-order valence-corrected chi connectivity index (χ3v) is 3.89. The summed E-state index contributed by atoms with van der Waals surface area (Å²) in [6.07, 6.45) is 0. The molecule has 0 radical (unpaired) electrons. The number of anilines is 1. The monoisotopic (exact) mass is 345 g/mol. The van der Waals surface area contributed by atoms with Crippen molar-refractivity contribution in [1.29, 1.82) is 0 Å². The molecule has 128 valence electrons. The molecular formula is C19H24ClN3O. The second-order valence-electron chi connectivity index (χ2n) is 5.86. The number of rotatable bonds is 2.